The van der Waals surface area contributed by atoms with Crippen molar-refractivity contribution >= 4 is 23.5 Å². The van der Waals surface area contributed by atoms with Gasteiger partial charge in [-0.1, -0.05) is 18.2 Å². The number of benzene rings is 1. The lowest BCUT2D eigenvalue weighted by atomic mass is 10.0. The average Bonchev–Trinajstić information content (AvgIpc) is 2.85. The van der Waals surface area contributed by atoms with Crippen LogP contribution in [-0.2, 0) is 4.79 Å². The minimum atomic E-state index is -0.519. The molecule has 1 atom stereocenters. The zero-order chi connectivity index (χ0) is 13.2. The van der Waals surface area contributed by atoms with Crippen molar-refractivity contribution in [1.29, 1.82) is 0 Å². The quantitative estimate of drug-likeness (QED) is 0.915. The normalized spacial score (nSPS) is 17.0. The first kappa shape index (κ1) is 12.2. The zero-order valence-electron chi connectivity index (χ0n) is 9.97. The number of nitrogens with one attached hydrogen (secondary N) is 1. The molecule has 1 N–H and O–H groups in total. The third kappa shape index (κ3) is 2.33. The van der Waals surface area contributed by atoms with Crippen LogP contribution in [0.15, 0.2) is 47.5 Å². The number of nitrogens with zero attached hydrogens (tertiary/aromatic N) is 1. The van der Waals surface area contributed by atoms with Gasteiger partial charge in [0.1, 0.15) is 0 Å². The molecule has 0 aliphatic carbocycles. The molecular weight excluding hydrogens is 263 g/mol. The van der Waals surface area contributed by atoms with Crippen molar-refractivity contribution in [2.24, 2.45) is 0 Å². The van der Waals surface area contributed by atoms with E-state index >= 15 is 0 Å². The van der Waals surface area contributed by atoms with E-state index in [0.717, 1.165) is 10.5 Å². The van der Waals surface area contributed by atoms with Gasteiger partial charge in [-0.15, -0.1) is 11.8 Å². The Morgan fingerprint density at radius 2 is 2.16 bits per heavy atom. The van der Waals surface area contributed by atoms with Crippen LogP contribution in [0.25, 0.3) is 0 Å². The highest BCUT2D eigenvalue weighted by atomic mass is 32.2. The van der Waals surface area contributed by atoms with Crippen LogP contribution in [0.4, 0.5) is 10.2 Å². The average molecular weight is 274 g/mol. The first-order chi connectivity index (χ1) is 9.25. The van der Waals surface area contributed by atoms with E-state index in [2.05, 4.69) is 10.3 Å². The predicted molar refractivity (Wildman–Crippen MR) is 72.7 cm³/mol. The van der Waals surface area contributed by atoms with Crippen LogP contribution in [-0.4, -0.2) is 16.6 Å². The van der Waals surface area contributed by atoms with Crippen molar-refractivity contribution in [3.63, 3.8) is 0 Å². The Morgan fingerprint density at radius 3 is 3.00 bits per heavy atom. The number of pyridine rings is 1. The molecule has 2 heterocycles. The van der Waals surface area contributed by atoms with Crippen LogP contribution < -0.4 is 5.32 Å². The molecular formula is C14H11FN2OS. The fraction of sp³-hybridized carbons (Fsp3) is 0.143. The molecule has 5 heteroatoms. The monoisotopic (exact) mass is 274 g/mol. The summed E-state index contributed by atoms with van der Waals surface area (Å²) in [5.41, 5.74) is 1.00. The zero-order valence-corrected chi connectivity index (χ0v) is 10.8. The number of amides is 1. The fourth-order valence-electron chi connectivity index (χ4n) is 2.06. The molecule has 1 aromatic heterocycles. The lowest BCUT2D eigenvalue weighted by Crippen LogP contribution is -2.22. The Bertz CT molecular complexity index is 632. The van der Waals surface area contributed by atoms with Gasteiger partial charge in [0.15, 0.2) is 11.6 Å². The van der Waals surface area contributed by atoms with Gasteiger partial charge >= 0.3 is 0 Å². The Balaban J connectivity index is 1.81. The second kappa shape index (κ2) is 5.01. The Hall–Kier alpha value is -1.88. The molecule has 1 aliphatic rings. The summed E-state index contributed by atoms with van der Waals surface area (Å²) < 4.78 is 13.5. The molecule has 1 amide bonds. The number of hydrogen-bond acceptors (Lipinski definition) is 3. The summed E-state index contributed by atoms with van der Waals surface area (Å²) in [6, 6.07) is 10.6. The summed E-state index contributed by atoms with van der Waals surface area (Å²) in [4.78, 5) is 17.1. The Kier molecular flexibility index (Phi) is 3.21. The number of hydrogen-bond donors (Lipinski definition) is 1. The van der Waals surface area contributed by atoms with E-state index in [1.165, 1.54) is 18.3 Å². The van der Waals surface area contributed by atoms with Crippen molar-refractivity contribution in [2.75, 3.05) is 11.1 Å². The summed E-state index contributed by atoms with van der Waals surface area (Å²) in [6.45, 7) is 0. The highest BCUT2D eigenvalue weighted by Gasteiger charge is 2.29. The minimum absolute atomic E-state index is 0.0121. The van der Waals surface area contributed by atoms with Crippen LogP contribution in [0.5, 0.6) is 0 Å². The van der Waals surface area contributed by atoms with Crippen molar-refractivity contribution < 1.29 is 9.18 Å². The van der Waals surface area contributed by atoms with Gasteiger partial charge in [-0.05, 0) is 23.8 Å². The maximum atomic E-state index is 13.5. The molecule has 0 saturated carbocycles. The van der Waals surface area contributed by atoms with Gasteiger partial charge in [0, 0.05) is 16.8 Å². The van der Waals surface area contributed by atoms with E-state index in [-0.39, 0.29) is 17.6 Å². The Labute approximate surface area is 114 Å². The van der Waals surface area contributed by atoms with E-state index in [1.807, 2.05) is 24.3 Å². The standard InChI is InChI=1S/C14H11FN2OS/c15-11-5-3-7-16-13(11)17-14(18)10-8-19-12-6-2-1-4-9(10)12/h1-7,10H,8H2,(H,16,17,18). The number of aromatic nitrogens is 1. The molecule has 0 radical (unpaired) electrons. The third-order valence-corrected chi connectivity index (χ3v) is 4.20. The topological polar surface area (TPSA) is 42.0 Å². The minimum Gasteiger partial charge on any atom is -0.308 e. The summed E-state index contributed by atoms with van der Waals surface area (Å²) in [6.07, 6.45) is 1.45. The molecule has 96 valence electrons. The van der Waals surface area contributed by atoms with Gasteiger partial charge < -0.3 is 5.32 Å². The molecule has 0 bridgehead atoms. The molecule has 1 aromatic carbocycles. The van der Waals surface area contributed by atoms with Crippen LogP contribution in [0.3, 0.4) is 0 Å². The van der Waals surface area contributed by atoms with Crippen LogP contribution in [0.2, 0.25) is 0 Å². The van der Waals surface area contributed by atoms with Gasteiger partial charge in [-0.2, -0.15) is 0 Å². The number of thioether (sulfide) groups is 1. The lowest BCUT2D eigenvalue weighted by molar-refractivity contribution is -0.117. The van der Waals surface area contributed by atoms with Gasteiger partial charge in [0.25, 0.3) is 0 Å². The van der Waals surface area contributed by atoms with Crippen molar-refractivity contribution in [2.45, 2.75) is 10.8 Å². The Morgan fingerprint density at radius 1 is 1.32 bits per heavy atom. The van der Waals surface area contributed by atoms with E-state index in [4.69, 9.17) is 0 Å². The van der Waals surface area contributed by atoms with Crippen molar-refractivity contribution in [3.05, 3.63) is 54.0 Å². The summed E-state index contributed by atoms with van der Waals surface area (Å²) in [5, 5.41) is 2.55. The van der Waals surface area contributed by atoms with Gasteiger partial charge in [-0.25, -0.2) is 9.37 Å². The summed E-state index contributed by atoms with van der Waals surface area (Å²) in [5.74, 6) is -0.311. The van der Waals surface area contributed by atoms with Gasteiger partial charge in [0.05, 0.1) is 5.92 Å². The van der Waals surface area contributed by atoms with Gasteiger partial charge in [-0.3, -0.25) is 4.79 Å². The van der Waals surface area contributed by atoms with E-state index in [1.54, 1.807) is 11.8 Å². The van der Waals surface area contributed by atoms with E-state index < -0.39 is 5.82 Å². The third-order valence-electron chi connectivity index (χ3n) is 3.02. The number of carbonyl (C=O) groups excluding carboxylic acids is 1. The lowest BCUT2D eigenvalue weighted by Gasteiger charge is -2.11. The van der Waals surface area contributed by atoms with E-state index in [9.17, 15) is 9.18 Å². The highest BCUT2D eigenvalue weighted by molar-refractivity contribution is 7.99. The number of halogens is 1. The number of rotatable bonds is 2. The molecule has 3 nitrogen and oxygen atoms in total. The highest BCUT2D eigenvalue weighted by Crippen LogP contribution is 2.39. The molecule has 0 saturated heterocycles. The van der Waals surface area contributed by atoms with Crippen LogP contribution in [0.1, 0.15) is 11.5 Å². The second-order valence-electron chi connectivity index (χ2n) is 4.22. The van der Waals surface area contributed by atoms with Crippen LogP contribution >= 0.6 is 11.8 Å². The number of anilines is 1. The maximum absolute atomic E-state index is 13.5. The van der Waals surface area contributed by atoms with E-state index in [0.29, 0.717) is 5.75 Å². The van der Waals surface area contributed by atoms with Crippen LogP contribution in [0, 0.1) is 5.82 Å². The molecule has 1 aliphatic heterocycles. The fourth-order valence-corrected chi connectivity index (χ4v) is 3.29. The predicted octanol–water partition coefficient (Wildman–Crippen LogP) is 3.05. The molecule has 1 unspecified atom stereocenters. The van der Waals surface area contributed by atoms with Crippen molar-refractivity contribution in [1.82, 2.24) is 4.98 Å². The molecule has 0 spiro atoms. The maximum Gasteiger partial charge on any atom is 0.234 e. The number of fused-ring (bicyclic) bond motifs is 1. The molecule has 0 fully saturated rings. The first-order valence-electron chi connectivity index (χ1n) is 5.89. The molecule has 19 heavy (non-hydrogen) atoms. The van der Waals surface area contributed by atoms with Crippen molar-refractivity contribution in [3.8, 4) is 0 Å². The SMILES string of the molecule is O=C(Nc1ncccc1F)C1CSc2ccccc21. The first-order valence-corrected chi connectivity index (χ1v) is 6.87. The smallest absolute Gasteiger partial charge is 0.234 e. The summed E-state index contributed by atoms with van der Waals surface area (Å²) >= 11 is 1.64. The largest absolute Gasteiger partial charge is 0.308 e. The van der Waals surface area contributed by atoms with Gasteiger partial charge in [0.2, 0.25) is 5.91 Å². The second-order valence-corrected chi connectivity index (χ2v) is 5.29. The molecule has 3 rings (SSSR count). The molecule has 2 aromatic rings. The summed E-state index contributed by atoms with van der Waals surface area (Å²) in [7, 11) is 0. The number of carbonyl (C=O) groups is 1.